The van der Waals surface area contributed by atoms with E-state index in [0.717, 1.165) is 22.9 Å². The molecule has 0 unspecified atom stereocenters. The number of carbonyl (C=O) groups is 1. The second-order valence-corrected chi connectivity index (χ2v) is 4.56. The van der Waals surface area contributed by atoms with Crippen LogP contribution in [0.4, 0.5) is 0 Å². The molecule has 19 heavy (non-hydrogen) atoms. The largest absolute Gasteiger partial charge is 0.481 e. The quantitative estimate of drug-likeness (QED) is 0.893. The Morgan fingerprint density at radius 1 is 1.21 bits per heavy atom. The molecule has 1 atom stereocenters. The molecule has 0 aromatic heterocycles. The summed E-state index contributed by atoms with van der Waals surface area (Å²) in [4.78, 5) is 11.7. The first-order valence-electron chi connectivity index (χ1n) is 6.64. The van der Waals surface area contributed by atoms with Gasteiger partial charge in [0.15, 0.2) is 6.10 Å². The highest BCUT2D eigenvalue weighted by Gasteiger charge is 2.13. The first-order valence-corrected chi connectivity index (χ1v) is 6.64. The molecule has 3 nitrogen and oxygen atoms in total. The van der Waals surface area contributed by atoms with Gasteiger partial charge in [-0.15, -0.1) is 0 Å². The van der Waals surface area contributed by atoms with Crippen molar-refractivity contribution in [3.05, 3.63) is 42.5 Å². The molecule has 0 heterocycles. The van der Waals surface area contributed by atoms with Crippen LogP contribution in [0.3, 0.4) is 0 Å². The molecule has 0 saturated heterocycles. The lowest BCUT2D eigenvalue weighted by Gasteiger charge is -2.14. The highest BCUT2D eigenvalue weighted by atomic mass is 16.5. The van der Waals surface area contributed by atoms with Crippen LogP contribution in [0.5, 0.6) is 5.75 Å². The number of rotatable bonds is 5. The van der Waals surface area contributed by atoms with E-state index in [4.69, 9.17) is 4.74 Å². The first-order chi connectivity index (χ1) is 9.20. The highest BCUT2D eigenvalue weighted by molar-refractivity contribution is 5.84. The summed E-state index contributed by atoms with van der Waals surface area (Å²) < 4.78 is 5.67. The van der Waals surface area contributed by atoms with Crippen molar-refractivity contribution in [2.45, 2.75) is 26.4 Å². The fourth-order valence-electron chi connectivity index (χ4n) is 1.89. The Morgan fingerprint density at radius 2 is 1.95 bits per heavy atom. The highest BCUT2D eigenvalue weighted by Crippen LogP contribution is 2.21. The number of amides is 1. The summed E-state index contributed by atoms with van der Waals surface area (Å²) in [7, 11) is 0. The summed E-state index contributed by atoms with van der Waals surface area (Å²) in [5, 5.41) is 5.10. The van der Waals surface area contributed by atoms with Crippen LogP contribution in [0.25, 0.3) is 10.8 Å². The molecule has 1 N–H and O–H groups in total. The lowest BCUT2D eigenvalue weighted by molar-refractivity contribution is -0.127. The molecule has 0 aliphatic rings. The molecule has 2 aromatic rings. The lowest BCUT2D eigenvalue weighted by atomic mass is 10.1. The predicted molar refractivity (Wildman–Crippen MR) is 77.3 cm³/mol. The van der Waals surface area contributed by atoms with Crippen molar-refractivity contribution in [1.29, 1.82) is 0 Å². The number of carbonyl (C=O) groups excluding carboxylic acids is 1. The Labute approximate surface area is 113 Å². The van der Waals surface area contributed by atoms with Gasteiger partial charge in [-0.05, 0) is 36.2 Å². The van der Waals surface area contributed by atoms with E-state index in [0.29, 0.717) is 6.54 Å². The number of hydrogen-bond acceptors (Lipinski definition) is 2. The summed E-state index contributed by atoms with van der Waals surface area (Å²) in [5.74, 6) is 0.646. The molecule has 100 valence electrons. The van der Waals surface area contributed by atoms with Crippen molar-refractivity contribution >= 4 is 16.7 Å². The average Bonchev–Trinajstić information content (AvgIpc) is 2.44. The Hall–Kier alpha value is -2.03. The maximum absolute atomic E-state index is 11.7. The zero-order chi connectivity index (χ0) is 13.7. The van der Waals surface area contributed by atoms with Gasteiger partial charge in [-0.1, -0.05) is 37.3 Å². The molecule has 0 aliphatic heterocycles. The summed E-state index contributed by atoms with van der Waals surface area (Å²) in [6.45, 7) is 4.47. The van der Waals surface area contributed by atoms with Crippen LogP contribution in [0, 0.1) is 0 Å². The lowest BCUT2D eigenvalue weighted by Crippen LogP contribution is -2.36. The molecule has 0 bridgehead atoms. The zero-order valence-electron chi connectivity index (χ0n) is 11.3. The van der Waals surface area contributed by atoms with Crippen molar-refractivity contribution in [3.63, 3.8) is 0 Å². The molecule has 2 rings (SSSR count). The van der Waals surface area contributed by atoms with Crippen molar-refractivity contribution < 1.29 is 9.53 Å². The van der Waals surface area contributed by atoms with E-state index in [1.807, 2.05) is 43.3 Å². The van der Waals surface area contributed by atoms with Gasteiger partial charge in [0.25, 0.3) is 5.91 Å². The van der Waals surface area contributed by atoms with Gasteiger partial charge in [0, 0.05) is 6.54 Å². The second kappa shape index (κ2) is 6.23. The van der Waals surface area contributed by atoms with Gasteiger partial charge in [0.1, 0.15) is 5.75 Å². The molecule has 0 saturated carbocycles. The summed E-state index contributed by atoms with van der Waals surface area (Å²) >= 11 is 0. The zero-order valence-corrected chi connectivity index (χ0v) is 11.3. The predicted octanol–water partition coefficient (Wildman–Crippen LogP) is 3.13. The molecule has 0 fully saturated rings. The van der Waals surface area contributed by atoms with Crippen LogP contribution in [0.1, 0.15) is 20.3 Å². The van der Waals surface area contributed by atoms with Gasteiger partial charge in [-0.25, -0.2) is 0 Å². The normalized spacial score (nSPS) is 12.1. The maximum Gasteiger partial charge on any atom is 0.260 e. The van der Waals surface area contributed by atoms with Crippen molar-refractivity contribution in [2.75, 3.05) is 6.54 Å². The number of ether oxygens (including phenoxy) is 1. The smallest absolute Gasteiger partial charge is 0.260 e. The summed E-state index contributed by atoms with van der Waals surface area (Å²) in [6, 6.07) is 13.9. The minimum Gasteiger partial charge on any atom is -0.481 e. The SMILES string of the molecule is CCCNC(=O)[C@H](C)Oc1ccc2ccccc2c1. The van der Waals surface area contributed by atoms with E-state index >= 15 is 0 Å². The molecule has 0 aliphatic carbocycles. The monoisotopic (exact) mass is 257 g/mol. The first kappa shape index (κ1) is 13.4. The van der Waals surface area contributed by atoms with Gasteiger partial charge in [0.05, 0.1) is 0 Å². The Kier molecular flexibility index (Phi) is 4.39. The number of nitrogens with one attached hydrogen (secondary N) is 1. The van der Waals surface area contributed by atoms with E-state index in [2.05, 4.69) is 11.4 Å². The topological polar surface area (TPSA) is 38.3 Å². The Morgan fingerprint density at radius 3 is 2.68 bits per heavy atom. The second-order valence-electron chi connectivity index (χ2n) is 4.56. The number of benzene rings is 2. The Balaban J connectivity index is 2.06. The minimum absolute atomic E-state index is 0.0741. The van der Waals surface area contributed by atoms with Crippen molar-refractivity contribution in [3.8, 4) is 5.75 Å². The molecular weight excluding hydrogens is 238 g/mol. The molecule has 2 aromatic carbocycles. The summed E-state index contributed by atoms with van der Waals surface area (Å²) in [5.41, 5.74) is 0. The maximum atomic E-state index is 11.7. The third-order valence-electron chi connectivity index (χ3n) is 2.95. The van der Waals surface area contributed by atoms with Crippen molar-refractivity contribution in [1.82, 2.24) is 5.32 Å². The van der Waals surface area contributed by atoms with Gasteiger partial charge in [0.2, 0.25) is 0 Å². The molecular formula is C16H19NO2. The van der Waals surface area contributed by atoms with Crippen LogP contribution in [0.15, 0.2) is 42.5 Å². The standard InChI is InChI=1S/C16H19NO2/c1-3-10-17-16(18)12(2)19-15-9-8-13-6-4-5-7-14(13)11-15/h4-9,11-12H,3,10H2,1-2H3,(H,17,18)/t12-/m0/s1. The third kappa shape index (κ3) is 3.47. The Bertz CT molecular complexity index is 565. The van der Waals surface area contributed by atoms with Gasteiger partial charge >= 0.3 is 0 Å². The van der Waals surface area contributed by atoms with Crippen LogP contribution in [-0.2, 0) is 4.79 Å². The van der Waals surface area contributed by atoms with E-state index in [-0.39, 0.29) is 5.91 Å². The van der Waals surface area contributed by atoms with Gasteiger partial charge in [-0.3, -0.25) is 4.79 Å². The molecule has 0 radical (unpaired) electrons. The minimum atomic E-state index is -0.479. The fourth-order valence-corrected chi connectivity index (χ4v) is 1.89. The van der Waals surface area contributed by atoms with E-state index < -0.39 is 6.10 Å². The van der Waals surface area contributed by atoms with Crippen LogP contribution >= 0.6 is 0 Å². The molecule has 0 spiro atoms. The number of hydrogen-bond donors (Lipinski definition) is 1. The van der Waals surface area contributed by atoms with Crippen molar-refractivity contribution in [2.24, 2.45) is 0 Å². The summed E-state index contributed by atoms with van der Waals surface area (Å²) in [6.07, 6.45) is 0.446. The van der Waals surface area contributed by atoms with E-state index in [1.54, 1.807) is 6.92 Å². The molecule has 3 heteroatoms. The van der Waals surface area contributed by atoms with Crippen LogP contribution < -0.4 is 10.1 Å². The number of fused-ring (bicyclic) bond motifs is 1. The fraction of sp³-hybridized carbons (Fsp3) is 0.312. The molecule has 1 amide bonds. The van der Waals surface area contributed by atoms with Crippen LogP contribution in [-0.4, -0.2) is 18.6 Å². The van der Waals surface area contributed by atoms with Gasteiger partial charge < -0.3 is 10.1 Å². The third-order valence-corrected chi connectivity index (χ3v) is 2.95. The van der Waals surface area contributed by atoms with E-state index in [1.165, 1.54) is 0 Å². The average molecular weight is 257 g/mol. The van der Waals surface area contributed by atoms with Crippen LogP contribution in [0.2, 0.25) is 0 Å². The van der Waals surface area contributed by atoms with E-state index in [9.17, 15) is 4.79 Å². The van der Waals surface area contributed by atoms with Gasteiger partial charge in [-0.2, -0.15) is 0 Å².